The number of fused-ring (bicyclic) bond motifs is 2. The molecule has 0 aromatic rings. The molecule has 0 nitrogen and oxygen atoms in total. The molecular formula is C18H24. The molecule has 7 aliphatic carbocycles. The Morgan fingerprint density at radius 1 is 0.333 bits per heavy atom. The van der Waals surface area contributed by atoms with E-state index >= 15 is 0 Å². The predicted octanol–water partition coefficient (Wildman–Crippen LogP) is 3.82. The van der Waals surface area contributed by atoms with Crippen LogP contribution in [0.4, 0.5) is 0 Å². The molecular weight excluding hydrogens is 216 g/mol. The van der Waals surface area contributed by atoms with Gasteiger partial charge in [0.15, 0.2) is 0 Å². The molecule has 0 N–H and O–H groups in total. The minimum absolute atomic E-state index is 1.21. The molecule has 0 heteroatoms. The molecule has 7 rings (SSSR count). The van der Waals surface area contributed by atoms with Crippen molar-refractivity contribution >= 4 is 0 Å². The first-order valence-corrected chi connectivity index (χ1v) is 8.90. The van der Waals surface area contributed by atoms with Gasteiger partial charge in [0, 0.05) is 0 Å². The fourth-order valence-electron chi connectivity index (χ4n) is 10.1. The number of rotatable bonds is 0. The van der Waals surface area contributed by atoms with Crippen LogP contribution in [0.1, 0.15) is 38.5 Å². The Bertz CT molecular complexity index is 443. The minimum atomic E-state index is 1.21. The van der Waals surface area contributed by atoms with Crippen molar-refractivity contribution in [2.24, 2.45) is 71.0 Å². The normalized spacial score (nSPS) is 80.0. The van der Waals surface area contributed by atoms with Crippen LogP contribution in [0.15, 0.2) is 0 Å². The molecule has 0 aromatic carbocycles. The summed E-state index contributed by atoms with van der Waals surface area (Å²) >= 11 is 0. The van der Waals surface area contributed by atoms with E-state index in [-0.39, 0.29) is 0 Å². The third kappa shape index (κ3) is 0.694. The molecule has 0 amide bonds. The molecule has 7 fully saturated rings. The van der Waals surface area contributed by atoms with Crippen LogP contribution in [0.3, 0.4) is 0 Å². The summed E-state index contributed by atoms with van der Waals surface area (Å²) < 4.78 is 0. The van der Waals surface area contributed by atoms with E-state index in [9.17, 15) is 0 Å². The van der Waals surface area contributed by atoms with Crippen molar-refractivity contribution in [1.82, 2.24) is 0 Å². The van der Waals surface area contributed by atoms with Crippen LogP contribution in [0.5, 0.6) is 0 Å². The first kappa shape index (κ1) is 9.03. The summed E-state index contributed by atoms with van der Waals surface area (Å²) in [5.74, 6) is 14.9. The average Bonchev–Trinajstić information content (AvgIpc) is 2.92. The molecule has 11 unspecified atom stereocenters. The van der Waals surface area contributed by atoms with Gasteiger partial charge in [0.05, 0.1) is 0 Å². The second-order valence-corrected chi connectivity index (χ2v) is 9.43. The Labute approximate surface area is 110 Å². The van der Waals surface area contributed by atoms with Crippen LogP contribution in [-0.2, 0) is 0 Å². The van der Waals surface area contributed by atoms with Gasteiger partial charge in [0.25, 0.3) is 0 Å². The summed E-state index contributed by atoms with van der Waals surface area (Å²) in [5.41, 5.74) is 0. The summed E-state index contributed by atoms with van der Waals surface area (Å²) in [6, 6.07) is 0. The van der Waals surface area contributed by atoms with Crippen LogP contribution in [0.2, 0.25) is 0 Å². The van der Waals surface area contributed by atoms with Crippen molar-refractivity contribution in [3.63, 3.8) is 0 Å². The molecule has 0 saturated heterocycles. The van der Waals surface area contributed by atoms with E-state index in [1.807, 2.05) is 0 Å². The van der Waals surface area contributed by atoms with Crippen molar-refractivity contribution in [1.29, 1.82) is 0 Å². The Hall–Kier alpha value is 0. The highest BCUT2D eigenvalue weighted by atomic mass is 14.8. The van der Waals surface area contributed by atoms with E-state index in [2.05, 4.69) is 0 Å². The maximum atomic E-state index is 1.70. The molecule has 12 atom stereocenters. The van der Waals surface area contributed by atoms with Crippen LogP contribution in [-0.4, -0.2) is 0 Å². The van der Waals surface area contributed by atoms with Gasteiger partial charge >= 0.3 is 0 Å². The summed E-state index contributed by atoms with van der Waals surface area (Å²) in [4.78, 5) is 0. The Morgan fingerprint density at radius 3 is 1.67 bits per heavy atom. The minimum Gasteiger partial charge on any atom is -0.0470 e. The van der Waals surface area contributed by atoms with Crippen molar-refractivity contribution in [2.45, 2.75) is 38.5 Å². The number of hydrogen-bond donors (Lipinski definition) is 0. The maximum Gasteiger partial charge on any atom is -0.0318 e. The Balaban J connectivity index is 1.57. The van der Waals surface area contributed by atoms with Gasteiger partial charge in [-0.2, -0.15) is 0 Å². The molecule has 0 aliphatic heterocycles. The zero-order valence-electron chi connectivity index (χ0n) is 11.2. The van der Waals surface area contributed by atoms with E-state index in [0.717, 1.165) is 0 Å². The van der Waals surface area contributed by atoms with E-state index < -0.39 is 0 Å². The van der Waals surface area contributed by atoms with Crippen LogP contribution in [0.25, 0.3) is 0 Å². The molecule has 7 aliphatic rings. The van der Waals surface area contributed by atoms with Gasteiger partial charge in [0.2, 0.25) is 0 Å². The van der Waals surface area contributed by atoms with Gasteiger partial charge in [-0.05, 0) is 110 Å². The molecule has 18 heavy (non-hydrogen) atoms. The summed E-state index contributed by atoms with van der Waals surface area (Å²) in [6.07, 6.45) is 10.1. The number of hydrogen-bond acceptors (Lipinski definition) is 0. The highest BCUT2D eigenvalue weighted by molar-refractivity contribution is 5.22. The van der Waals surface area contributed by atoms with E-state index in [4.69, 9.17) is 0 Å². The van der Waals surface area contributed by atoms with Crippen LogP contribution in [0, 0.1) is 71.0 Å². The van der Waals surface area contributed by atoms with Gasteiger partial charge in [-0.1, -0.05) is 0 Å². The average molecular weight is 240 g/mol. The van der Waals surface area contributed by atoms with Gasteiger partial charge in [-0.15, -0.1) is 0 Å². The molecule has 0 heterocycles. The largest absolute Gasteiger partial charge is 0.0470 e. The molecule has 8 bridgehead atoms. The summed E-state index contributed by atoms with van der Waals surface area (Å²) in [5, 5.41) is 0. The zero-order valence-corrected chi connectivity index (χ0v) is 11.2. The maximum absolute atomic E-state index is 1.70. The van der Waals surface area contributed by atoms with Gasteiger partial charge in [-0.25, -0.2) is 0 Å². The van der Waals surface area contributed by atoms with Gasteiger partial charge < -0.3 is 0 Å². The second kappa shape index (κ2) is 2.47. The third-order valence-corrected chi connectivity index (χ3v) is 9.62. The summed E-state index contributed by atoms with van der Waals surface area (Å²) in [6.45, 7) is 0. The second-order valence-electron chi connectivity index (χ2n) is 9.43. The molecule has 0 radical (unpaired) electrons. The predicted molar refractivity (Wildman–Crippen MR) is 69.6 cm³/mol. The lowest BCUT2D eigenvalue weighted by atomic mass is 9.48. The highest BCUT2D eigenvalue weighted by Crippen LogP contribution is 2.80. The van der Waals surface area contributed by atoms with E-state index in [1.54, 1.807) is 38.5 Å². The van der Waals surface area contributed by atoms with Crippen molar-refractivity contribution in [3.05, 3.63) is 0 Å². The first-order valence-electron chi connectivity index (χ1n) is 8.90. The van der Waals surface area contributed by atoms with E-state index in [1.165, 1.54) is 71.0 Å². The lowest BCUT2D eigenvalue weighted by Gasteiger charge is -2.57. The molecule has 7 saturated carbocycles. The fraction of sp³-hybridized carbons (Fsp3) is 1.00. The Kier molecular flexibility index (Phi) is 1.24. The zero-order chi connectivity index (χ0) is 11.2. The lowest BCUT2D eigenvalue weighted by Crippen LogP contribution is -2.52. The smallest absolute Gasteiger partial charge is 0.0318 e. The van der Waals surface area contributed by atoms with Crippen molar-refractivity contribution in [2.75, 3.05) is 0 Å². The van der Waals surface area contributed by atoms with Crippen molar-refractivity contribution < 1.29 is 0 Å². The lowest BCUT2D eigenvalue weighted by molar-refractivity contribution is -0.0939. The molecule has 96 valence electrons. The van der Waals surface area contributed by atoms with Gasteiger partial charge in [0.1, 0.15) is 0 Å². The quantitative estimate of drug-likeness (QED) is 0.604. The monoisotopic (exact) mass is 240 g/mol. The standard InChI is InChI=1S/C18H24/c1-7-5-13-14-8(1)2-9-3-10-4-11-6-12(7)18(13)17(10)16(11)15(9)14/h7-18H,1-6H2/t7?,8?,9?,10?,11?,12?,13?,14?,15-,16?,17?,18?/m0/s1. The topological polar surface area (TPSA) is 0 Å². The van der Waals surface area contributed by atoms with Crippen molar-refractivity contribution in [3.8, 4) is 0 Å². The Morgan fingerprint density at radius 2 is 0.833 bits per heavy atom. The molecule has 0 spiro atoms. The SMILES string of the molecule is C1C2CC3C4C2CC2CC5CC6CC1C3[C@H]6C2C54. The van der Waals surface area contributed by atoms with Gasteiger partial charge in [-0.3, -0.25) is 0 Å². The highest BCUT2D eigenvalue weighted by Gasteiger charge is 2.73. The summed E-state index contributed by atoms with van der Waals surface area (Å²) in [7, 11) is 0. The third-order valence-electron chi connectivity index (χ3n) is 9.62. The van der Waals surface area contributed by atoms with Crippen LogP contribution < -0.4 is 0 Å². The first-order chi connectivity index (χ1) is 8.90. The van der Waals surface area contributed by atoms with E-state index in [0.29, 0.717) is 0 Å². The van der Waals surface area contributed by atoms with Crippen LogP contribution >= 0.6 is 0 Å². The molecule has 0 aromatic heterocycles. The fourth-order valence-corrected chi connectivity index (χ4v) is 10.1.